The van der Waals surface area contributed by atoms with E-state index in [0.717, 1.165) is 14.7 Å². The van der Waals surface area contributed by atoms with E-state index in [0.29, 0.717) is 4.80 Å². The third kappa shape index (κ3) is 2.48. The number of benzene rings is 1. The number of aryl methyl sites for hydroxylation is 1. The predicted molar refractivity (Wildman–Crippen MR) is 85.6 cm³/mol. The lowest BCUT2D eigenvalue weighted by Crippen LogP contribution is -2.13. The molecule has 3 rings (SSSR count). The van der Waals surface area contributed by atoms with Gasteiger partial charge in [-0.1, -0.05) is 33.3 Å². The highest BCUT2D eigenvalue weighted by Crippen LogP contribution is 2.22. The van der Waals surface area contributed by atoms with E-state index in [4.69, 9.17) is 0 Å². The first kappa shape index (κ1) is 14.0. The van der Waals surface area contributed by atoms with Crippen LogP contribution in [-0.4, -0.2) is 13.0 Å². The van der Waals surface area contributed by atoms with E-state index >= 15 is 0 Å². The first-order valence-corrected chi connectivity index (χ1v) is 9.50. The molecule has 0 saturated carbocycles. The second kappa shape index (κ2) is 5.10. The van der Waals surface area contributed by atoms with E-state index in [1.54, 1.807) is 22.1 Å². The number of aromatic nitrogens is 1. The highest BCUT2D eigenvalue weighted by Gasteiger charge is 2.14. The molecule has 0 N–H and O–H groups in total. The molecule has 0 aliphatic heterocycles. The summed E-state index contributed by atoms with van der Waals surface area (Å²) >= 11 is 5.93. The third-order valence-corrected chi connectivity index (χ3v) is 7.06. The van der Waals surface area contributed by atoms with Crippen molar-refractivity contribution in [3.05, 3.63) is 45.0 Å². The van der Waals surface area contributed by atoms with Crippen molar-refractivity contribution >= 4 is 58.8 Å². The van der Waals surface area contributed by atoms with Crippen molar-refractivity contribution in [3.8, 4) is 0 Å². The molecule has 0 saturated heterocycles. The molecule has 0 fully saturated rings. The van der Waals surface area contributed by atoms with Crippen LogP contribution in [0.2, 0.25) is 0 Å². The average Bonchev–Trinajstić information content (AvgIpc) is 2.99. The van der Waals surface area contributed by atoms with Crippen LogP contribution in [0.25, 0.3) is 10.2 Å². The first-order valence-electron chi connectivity index (χ1n) is 5.57. The molecule has 1 aromatic carbocycles. The molecular formula is C12H9BrN2O2S3. The smallest absolute Gasteiger partial charge is 0.294 e. The van der Waals surface area contributed by atoms with E-state index in [9.17, 15) is 8.42 Å². The molecule has 8 heteroatoms. The van der Waals surface area contributed by atoms with Crippen molar-refractivity contribution in [1.82, 2.24) is 4.57 Å². The van der Waals surface area contributed by atoms with Gasteiger partial charge in [0.2, 0.25) is 4.80 Å². The van der Waals surface area contributed by atoms with Gasteiger partial charge in [0.1, 0.15) is 4.21 Å². The number of sulfonamides is 1. The topological polar surface area (TPSA) is 51.4 Å². The van der Waals surface area contributed by atoms with Gasteiger partial charge in [-0.25, -0.2) is 0 Å². The third-order valence-electron chi connectivity index (χ3n) is 2.72. The quantitative estimate of drug-likeness (QED) is 0.675. The summed E-state index contributed by atoms with van der Waals surface area (Å²) in [6.07, 6.45) is 0. The Bertz CT molecular complexity index is 937. The SMILES string of the molecule is Cn1/c(=N/S(=O)(=O)c2cccs2)sc2cc(Br)ccc21. The fourth-order valence-corrected chi connectivity index (χ4v) is 5.52. The molecule has 20 heavy (non-hydrogen) atoms. The van der Waals surface area contributed by atoms with Gasteiger partial charge in [0.15, 0.2) is 0 Å². The van der Waals surface area contributed by atoms with Crippen molar-refractivity contribution in [3.63, 3.8) is 0 Å². The Morgan fingerprint density at radius 2 is 2.10 bits per heavy atom. The van der Waals surface area contributed by atoms with Gasteiger partial charge in [0.05, 0.1) is 10.2 Å². The van der Waals surface area contributed by atoms with Crippen molar-refractivity contribution < 1.29 is 8.42 Å². The summed E-state index contributed by atoms with van der Waals surface area (Å²) in [4.78, 5) is 0.464. The number of rotatable bonds is 2. The molecule has 0 atom stereocenters. The number of hydrogen-bond acceptors (Lipinski definition) is 4. The van der Waals surface area contributed by atoms with Crippen LogP contribution in [0.4, 0.5) is 0 Å². The predicted octanol–water partition coefficient (Wildman–Crippen LogP) is 3.35. The summed E-state index contributed by atoms with van der Waals surface area (Å²) in [6.45, 7) is 0. The van der Waals surface area contributed by atoms with Gasteiger partial charge in [-0.2, -0.15) is 8.42 Å². The molecule has 0 amide bonds. The number of thiazole rings is 1. The van der Waals surface area contributed by atoms with Gasteiger partial charge in [0.25, 0.3) is 10.0 Å². The molecule has 0 radical (unpaired) electrons. The summed E-state index contributed by atoms with van der Waals surface area (Å²) in [6, 6.07) is 9.08. The lowest BCUT2D eigenvalue weighted by atomic mass is 10.3. The molecule has 3 aromatic rings. The minimum absolute atomic E-state index is 0.260. The van der Waals surface area contributed by atoms with Crippen molar-refractivity contribution in [2.75, 3.05) is 0 Å². The molecule has 2 heterocycles. The number of nitrogens with zero attached hydrogens (tertiary/aromatic N) is 2. The van der Waals surface area contributed by atoms with E-state index in [1.807, 2.05) is 25.2 Å². The molecule has 0 bridgehead atoms. The van der Waals surface area contributed by atoms with Crippen LogP contribution in [0, 0.1) is 0 Å². The Kier molecular flexibility index (Phi) is 3.57. The zero-order valence-electron chi connectivity index (χ0n) is 10.3. The zero-order valence-corrected chi connectivity index (χ0v) is 14.3. The van der Waals surface area contributed by atoms with Crippen LogP contribution in [0.3, 0.4) is 0 Å². The lowest BCUT2D eigenvalue weighted by Gasteiger charge is -1.96. The Morgan fingerprint density at radius 1 is 1.30 bits per heavy atom. The number of fused-ring (bicyclic) bond motifs is 1. The first-order chi connectivity index (χ1) is 9.47. The number of halogens is 1. The lowest BCUT2D eigenvalue weighted by molar-refractivity contribution is 0.598. The van der Waals surface area contributed by atoms with Gasteiger partial charge < -0.3 is 4.57 Å². The Labute approximate surface area is 132 Å². The van der Waals surface area contributed by atoms with E-state index < -0.39 is 10.0 Å². The number of thiophene rings is 1. The standard InChI is InChI=1S/C12H9BrN2O2S3/c1-15-9-5-4-8(13)7-10(9)19-12(15)14-20(16,17)11-3-2-6-18-11/h2-7H,1H3/b14-12-. The minimum Gasteiger partial charge on any atom is -0.319 e. The van der Waals surface area contributed by atoms with Gasteiger partial charge in [-0.3, -0.25) is 0 Å². The molecule has 0 aliphatic rings. The Balaban J connectivity index is 2.25. The Hall–Kier alpha value is -0.960. The average molecular weight is 389 g/mol. The molecule has 4 nitrogen and oxygen atoms in total. The van der Waals surface area contributed by atoms with E-state index in [-0.39, 0.29) is 4.21 Å². The highest BCUT2D eigenvalue weighted by molar-refractivity contribution is 9.10. The summed E-state index contributed by atoms with van der Waals surface area (Å²) in [5.41, 5.74) is 0.957. The maximum absolute atomic E-state index is 12.2. The highest BCUT2D eigenvalue weighted by atomic mass is 79.9. The van der Waals surface area contributed by atoms with Crippen molar-refractivity contribution in [1.29, 1.82) is 0 Å². The summed E-state index contributed by atoms with van der Waals surface area (Å²) < 4.78 is 32.3. The van der Waals surface area contributed by atoms with Gasteiger partial charge >= 0.3 is 0 Å². The largest absolute Gasteiger partial charge is 0.319 e. The van der Waals surface area contributed by atoms with Crippen molar-refractivity contribution in [2.24, 2.45) is 11.4 Å². The fourth-order valence-electron chi connectivity index (χ4n) is 1.75. The zero-order chi connectivity index (χ0) is 14.3. The summed E-state index contributed by atoms with van der Waals surface area (Å²) in [7, 11) is -1.81. The fraction of sp³-hybridized carbons (Fsp3) is 0.0833. The Morgan fingerprint density at radius 3 is 2.80 bits per heavy atom. The van der Waals surface area contributed by atoms with Gasteiger partial charge in [0, 0.05) is 11.5 Å². The molecule has 0 unspecified atom stereocenters. The monoisotopic (exact) mass is 388 g/mol. The molecule has 0 spiro atoms. The second-order valence-electron chi connectivity index (χ2n) is 4.05. The molecular weight excluding hydrogens is 380 g/mol. The van der Waals surface area contributed by atoms with Crippen LogP contribution >= 0.6 is 38.6 Å². The second-order valence-corrected chi connectivity index (χ2v) is 8.76. The van der Waals surface area contributed by atoms with Crippen LogP contribution in [0.1, 0.15) is 0 Å². The molecule has 2 aromatic heterocycles. The van der Waals surface area contributed by atoms with E-state index in [2.05, 4.69) is 20.3 Å². The van der Waals surface area contributed by atoms with Gasteiger partial charge in [-0.15, -0.1) is 15.7 Å². The maximum Gasteiger partial charge on any atom is 0.294 e. The summed E-state index contributed by atoms with van der Waals surface area (Å²) in [5.74, 6) is 0. The van der Waals surface area contributed by atoms with Crippen LogP contribution in [-0.2, 0) is 17.1 Å². The van der Waals surface area contributed by atoms with E-state index in [1.165, 1.54) is 22.7 Å². The van der Waals surface area contributed by atoms with Crippen molar-refractivity contribution in [2.45, 2.75) is 4.21 Å². The normalized spacial score (nSPS) is 13.2. The van der Waals surface area contributed by atoms with Crippen LogP contribution in [0.15, 0.2) is 48.8 Å². The molecule has 0 aliphatic carbocycles. The maximum atomic E-state index is 12.2. The summed E-state index contributed by atoms with van der Waals surface area (Å²) in [5, 5.41) is 1.73. The van der Waals surface area contributed by atoms with Crippen LogP contribution < -0.4 is 4.80 Å². The van der Waals surface area contributed by atoms with Crippen LogP contribution in [0.5, 0.6) is 0 Å². The number of hydrogen-bond donors (Lipinski definition) is 0. The molecule has 104 valence electrons. The minimum atomic E-state index is -3.63. The van der Waals surface area contributed by atoms with Gasteiger partial charge in [-0.05, 0) is 29.6 Å².